The van der Waals surface area contributed by atoms with Crippen molar-refractivity contribution in [2.75, 3.05) is 19.5 Å². The molecule has 0 fully saturated rings. The van der Waals surface area contributed by atoms with Gasteiger partial charge in [0.05, 0.1) is 6.61 Å². The third kappa shape index (κ3) is 3.16. The van der Waals surface area contributed by atoms with Crippen molar-refractivity contribution in [2.45, 2.75) is 20.4 Å². The monoisotopic (exact) mass is 339 g/mol. The van der Waals surface area contributed by atoms with Crippen molar-refractivity contribution in [2.24, 2.45) is 5.92 Å². The van der Waals surface area contributed by atoms with E-state index in [9.17, 15) is 0 Å². The van der Waals surface area contributed by atoms with Gasteiger partial charge in [0.15, 0.2) is 5.82 Å². The largest absolute Gasteiger partial charge is 0.398 e. The van der Waals surface area contributed by atoms with Gasteiger partial charge < -0.3 is 10.5 Å². The van der Waals surface area contributed by atoms with Gasteiger partial charge in [-0.25, -0.2) is 4.68 Å². The number of hydrogen-bond donors (Lipinski definition) is 1. The highest BCUT2D eigenvalue weighted by Gasteiger charge is 2.15. The summed E-state index contributed by atoms with van der Waals surface area (Å²) in [5.74, 6) is 1.05. The molecule has 0 saturated carbocycles. The highest BCUT2D eigenvalue weighted by molar-refractivity contribution is 9.10. The summed E-state index contributed by atoms with van der Waals surface area (Å²) in [4.78, 5) is 0. The van der Waals surface area contributed by atoms with Crippen LogP contribution < -0.4 is 5.73 Å². The molecule has 1 aromatic carbocycles. The Morgan fingerprint density at radius 3 is 2.90 bits per heavy atom. The number of nitrogens with zero attached hydrogens (tertiary/aromatic N) is 4. The van der Waals surface area contributed by atoms with Gasteiger partial charge in [-0.2, -0.15) is 0 Å². The van der Waals surface area contributed by atoms with Crippen LogP contribution in [0.2, 0.25) is 0 Å². The number of nitrogens with two attached hydrogens (primary N) is 1. The molecule has 0 aliphatic rings. The molecule has 0 amide bonds. The number of benzene rings is 1. The minimum atomic E-state index is 0.326. The Hall–Kier alpha value is -1.47. The van der Waals surface area contributed by atoms with Gasteiger partial charge in [-0.3, -0.25) is 0 Å². The molecule has 0 aliphatic heterocycles. The lowest BCUT2D eigenvalue weighted by Gasteiger charge is -2.13. The van der Waals surface area contributed by atoms with E-state index in [0.717, 1.165) is 21.4 Å². The Bertz CT molecular complexity index is 598. The second kappa shape index (κ2) is 6.32. The second-order valence-electron chi connectivity index (χ2n) is 4.91. The first-order valence-corrected chi connectivity index (χ1v) is 7.13. The Morgan fingerprint density at radius 1 is 1.45 bits per heavy atom. The van der Waals surface area contributed by atoms with E-state index >= 15 is 0 Å². The van der Waals surface area contributed by atoms with Crippen LogP contribution in [-0.4, -0.2) is 33.9 Å². The van der Waals surface area contributed by atoms with Gasteiger partial charge in [0.1, 0.15) is 0 Å². The Labute approximate surface area is 126 Å². The van der Waals surface area contributed by atoms with E-state index < -0.39 is 0 Å². The van der Waals surface area contributed by atoms with Crippen molar-refractivity contribution in [1.82, 2.24) is 20.2 Å². The molecular weight excluding hydrogens is 322 g/mol. The minimum absolute atomic E-state index is 0.326. The summed E-state index contributed by atoms with van der Waals surface area (Å²) in [5, 5.41) is 12.0. The van der Waals surface area contributed by atoms with Crippen molar-refractivity contribution >= 4 is 21.6 Å². The lowest BCUT2D eigenvalue weighted by atomic mass is 10.1. The van der Waals surface area contributed by atoms with Crippen LogP contribution in [-0.2, 0) is 11.3 Å². The SMILES string of the molecule is COCC(C)Cn1nnnc1-c1cc(Br)cc(N)c1C. The summed E-state index contributed by atoms with van der Waals surface area (Å²) in [5.41, 5.74) is 8.63. The molecule has 6 nitrogen and oxygen atoms in total. The standard InChI is InChI=1S/C13H18BrN5O/c1-8(7-20-3)6-19-13(16-17-18-19)11-4-10(14)5-12(15)9(11)2/h4-5,8H,6-7,15H2,1-3H3. The average molecular weight is 340 g/mol. The summed E-state index contributed by atoms with van der Waals surface area (Å²) in [7, 11) is 1.69. The van der Waals surface area contributed by atoms with Crippen LogP contribution in [0.1, 0.15) is 12.5 Å². The lowest BCUT2D eigenvalue weighted by molar-refractivity contribution is 0.149. The van der Waals surface area contributed by atoms with E-state index in [-0.39, 0.29) is 0 Å². The van der Waals surface area contributed by atoms with Crippen molar-refractivity contribution in [3.8, 4) is 11.4 Å². The number of ether oxygens (including phenoxy) is 1. The fourth-order valence-corrected chi connectivity index (χ4v) is 2.56. The molecule has 1 aromatic heterocycles. The molecule has 7 heteroatoms. The maximum atomic E-state index is 6.00. The highest BCUT2D eigenvalue weighted by Crippen LogP contribution is 2.29. The average Bonchev–Trinajstić information content (AvgIpc) is 2.82. The lowest BCUT2D eigenvalue weighted by Crippen LogP contribution is -2.15. The number of tetrazole rings is 1. The van der Waals surface area contributed by atoms with Gasteiger partial charge in [0.2, 0.25) is 0 Å². The van der Waals surface area contributed by atoms with Crippen molar-refractivity contribution in [1.29, 1.82) is 0 Å². The van der Waals surface area contributed by atoms with Crippen LogP contribution in [0.3, 0.4) is 0 Å². The molecule has 1 heterocycles. The van der Waals surface area contributed by atoms with Gasteiger partial charge >= 0.3 is 0 Å². The normalized spacial score (nSPS) is 12.6. The van der Waals surface area contributed by atoms with Crippen LogP contribution in [0, 0.1) is 12.8 Å². The van der Waals surface area contributed by atoms with Gasteiger partial charge in [0.25, 0.3) is 0 Å². The summed E-state index contributed by atoms with van der Waals surface area (Å²) >= 11 is 3.46. The maximum absolute atomic E-state index is 6.00. The van der Waals surface area contributed by atoms with Crippen LogP contribution in [0.4, 0.5) is 5.69 Å². The van der Waals surface area contributed by atoms with E-state index in [1.807, 2.05) is 19.1 Å². The summed E-state index contributed by atoms with van der Waals surface area (Å²) in [6.45, 7) is 5.42. The Balaban J connectivity index is 2.37. The van der Waals surface area contributed by atoms with Gasteiger partial charge in [0, 0.05) is 29.4 Å². The van der Waals surface area contributed by atoms with Crippen LogP contribution in [0.15, 0.2) is 16.6 Å². The van der Waals surface area contributed by atoms with E-state index in [0.29, 0.717) is 24.8 Å². The zero-order valence-electron chi connectivity index (χ0n) is 11.8. The van der Waals surface area contributed by atoms with Crippen LogP contribution >= 0.6 is 15.9 Å². The zero-order valence-corrected chi connectivity index (χ0v) is 13.4. The number of anilines is 1. The Morgan fingerprint density at radius 2 is 2.20 bits per heavy atom. The molecule has 0 radical (unpaired) electrons. The molecule has 0 spiro atoms. The first kappa shape index (κ1) is 14.9. The molecule has 0 saturated heterocycles. The van der Waals surface area contributed by atoms with E-state index in [1.165, 1.54) is 0 Å². The summed E-state index contributed by atoms with van der Waals surface area (Å²) in [6.07, 6.45) is 0. The quantitative estimate of drug-likeness (QED) is 0.845. The first-order valence-electron chi connectivity index (χ1n) is 6.34. The summed E-state index contributed by atoms with van der Waals surface area (Å²) < 4.78 is 7.85. The van der Waals surface area contributed by atoms with Gasteiger partial charge in [-0.1, -0.05) is 22.9 Å². The zero-order chi connectivity index (χ0) is 14.7. The molecular formula is C13H18BrN5O. The predicted octanol–water partition coefficient (Wildman–Crippen LogP) is 2.28. The van der Waals surface area contributed by atoms with Crippen LogP contribution in [0.5, 0.6) is 0 Å². The van der Waals surface area contributed by atoms with Crippen molar-refractivity contribution in [3.63, 3.8) is 0 Å². The maximum Gasteiger partial charge on any atom is 0.182 e. The van der Waals surface area contributed by atoms with E-state index in [2.05, 4.69) is 38.4 Å². The molecule has 0 bridgehead atoms. The first-order chi connectivity index (χ1) is 9.52. The van der Waals surface area contributed by atoms with Crippen LogP contribution in [0.25, 0.3) is 11.4 Å². The van der Waals surface area contributed by atoms with Crippen molar-refractivity contribution in [3.05, 3.63) is 22.2 Å². The van der Waals surface area contributed by atoms with E-state index in [1.54, 1.807) is 11.8 Å². The van der Waals surface area contributed by atoms with Crippen molar-refractivity contribution < 1.29 is 4.74 Å². The third-order valence-electron chi connectivity index (χ3n) is 3.12. The van der Waals surface area contributed by atoms with Gasteiger partial charge in [-0.15, -0.1) is 5.10 Å². The number of rotatable bonds is 5. The van der Waals surface area contributed by atoms with Gasteiger partial charge in [-0.05, 0) is 41.0 Å². The molecule has 108 valence electrons. The number of halogens is 1. The topological polar surface area (TPSA) is 78.8 Å². The number of methoxy groups -OCH3 is 1. The summed E-state index contributed by atoms with van der Waals surface area (Å²) in [6, 6.07) is 3.86. The third-order valence-corrected chi connectivity index (χ3v) is 3.58. The highest BCUT2D eigenvalue weighted by atomic mass is 79.9. The van der Waals surface area contributed by atoms with E-state index in [4.69, 9.17) is 10.5 Å². The molecule has 2 aromatic rings. The molecule has 1 unspecified atom stereocenters. The Kier molecular flexibility index (Phi) is 4.72. The minimum Gasteiger partial charge on any atom is -0.398 e. The molecule has 0 aliphatic carbocycles. The number of aromatic nitrogens is 4. The smallest absolute Gasteiger partial charge is 0.182 e. The number of hydrogen-bond acceptors (Lipinski definition) is 5. The number of nitrogen functional groups attached to an aromatic ring is 1. The predicted molar refractivity (Wildman–Crippen MR) is 81.1 cm³/mol. The fraction of sp³-hybridized carbons (Fsp3) is 0.462. The molecule has 20 heavy (non-hydrogen) atoms. The molecule has 2 N–H and O–H groups in total. The molecule has 1 atom stereocenters. The second-order valence-corrected chi connectivity index (χ2v) is 5.83. The fourth-order valence-electron chi connectivity index (χ4n) is 2.09. The molecule has 2 rings (SSSR count).